The van der Waals surface area contributed by atoms with Crippen molar-refractivity contribution in [2.24, 2.45) is 0 Å². The molecular formula is C14H24N2O4. The van der Waals surface area contributed by atoms with Crippen LogP contribution in [-0.4, -0.2) is 53.8 Å². The lowest BCUT2D eigenvalue weighted by Crippen LogP contribution is -2.55. The summed E-state index contributed by atoms with van der Waals surface area (Å²) < 4.78 is 5.32. The van der Waals surface area contributed by atoms with Gasteiger partial charge in [0.05, 0.1) is 18.1 Å². The Labute approximate surface area is 119 Å². The highest BCUT2D eigenvalue weighted by atomic mass is 16.5. The molecule has 1 atom stereocenters. The fourth-order valence-electron chi connectivity index (χ4n) is 3.31. The van der Waals surface area contributed by atoms with Gasteiger partial charge in [-0.05, 0) is 25.7 Å². The number of amides is 2. The third-order valence-corrected chi connectivity index (χ3v) is 4.42. The number of carbonyl (C=O) groups is 2. The summed E-state index contributed by atoms with van der Waals surface area (Å²) in [5.74, 6) is -0.847. The molecule has 2 fully saturated rings. The zero-order chi connectivity index (χ0) is 14.6. The SMILES string of the molecule is COC1CCCN(C(=O)NC2(CC(=O)O)CCCC2)C1. The lowest BCUT2D eigenvalue weighted by molar-refractivity contribution is -0.138. The molecule has 1 saturated heterocycles. The number of aliphatic carboxylic acids is 1. The number of hydrogen-bond donors (Lipinski definition) is 2. The van der Waals surface area contributed by atoms with Crippen LogP contribution < -0.4 is 5.32 Å². The molecule has 114 valence electrons. The second-order valence-electron chi connectivity index (χ2n) is 5.93. The Hall–Kier alpha value is -1.30. The van der Waals surface area contributed by atoms with Crippen LogP contribution in [0, 0.1) is 0 Å². The molecule has 6 nitrogen and oxygen atoms in total. The normalized spacial score (nSPS) is 25.4. The van der Waals surface area contributed by atoms with Crippen LogP contribution in [0.15, 0.2) is 0 Å². The van der Waals surface area contributed by atoms with Crippen molar-refractivity contribution in [1.82, 2.24) is 10.2 Å². The minimum Gasteiger partial charge on any atom is -0.481 e. The molecule has 1 saturated carbocycles. The molecule has 1 heterocycles. The van der Waals surface area contributed by atoms with E-state index < -0.39 is 11.5 Å². The highest BCUT2D eigenvalue weighted by Gasteiger charge is 2.39. The number of likely N-dealkylation sites (tertiary alicyclic amines) is 1. The van der Waals surface area contributed by atoms with E-state index in [0.717, 1.165) is 45.1 Å². The summed E-state index contributed by atoms with van der Waals surface area (Å²) in [4.78, 5) is 25.1. The third-order valence-electron chi connectivity index (χ3n) is 4.42. The van der Waals surface area contributed by atoms with Gasteiger partial charge in [-0.3, -0.25) is 4.79 Å². The summed E-state index contributed by atoms with van der Waals surface area (Å²) in [6.45, 7) is 1.31. The van der Waals surface area contributed by atoms with Gasteiger partial charge in [0.15, 0.2) is 0 Å². The molecule has 2 amide bonds. The minimum absolute atomic E-state index is 0.0142. The molecular weight excluding hydrogens is 260 g/mol. The molecule has 0 aromatic heterocycles. The maximum Gasteiger partial charge on any atom is 0.317 e. The lowest BCUT2D eigenvalue weighted by atomic mass is 9.93. The lowest BCUT2D eigenvalue weighted by Gasteiger charge is -2.36. The molecule has 6 heteroatoms. The zero-order valence-electron chi connectivity index (χ0n) is 12.1. The molecule has 1 unspecified atom stereocenters. The van der Waals surface area contributed by atoms with Crippen LogP contribution in [0.2, 0.25) is 0 Å². The van der Waals surface area contributed by atoms with Crippen molar-refractivity contribution >= 4 is 12.0 Å². The summed E-state index contributed by atoms with van der Waals surface area (Å²) in [7, 11) is 1.66. The summed E-state index contributed by atoms with van der Waals surface area (Å²) in [6.07, 6.45) is 5.48. The molecule has 2 rings (SSSR count). The minimum atomic E-state index is -0.847. The first-order valence-electron chi connectivity index (χ1n) is 7.36. The van der Waals surface area contributed by atoms with Crippen molar-refractivity contribution in [3.05, 3.63) is 0 Å². The van der Waals surface area contributed by atoms with E-state index in [0.29, 0.717) is 6.54 Å². The van der Waals surface area contributed by atoms with Crippen LogP contribution in [0.4, 0.5) is 4.79 Å². The first-order chi connectivity index (χ1) is 9.54. The standard InChI is InChI=1S/C14H24N2O4/c1-20-11-5-4-8-16(10-11)13(19)15-14(9-12(17)18)6-2-3-7-14/h11H,2-10H2,1H3,(H,15,19)(H,17,18). The van der Waals surface area contributed by atoms with Gasteiger partial charge in [0, 0.05) is 20.2 Å². The molecule has 0 spiro atoms. The molecule has 1 aliphatic carbocycles. The van der Waals surface area contributed by atoms with Gasteiger partial charge in [-0.15, -0.1) is 0 Å². The molecule has 0 bridgehead atoms. The van der Waals surface area contributed by atoms with Crippen molar-refractivity contribution in [3.63, 3.8) is 0 Å². The van der Waals surface area contributed by atoms with Crippen molar-refractivity contribution in [2.45, 2.75) is 56.6 Å². The predicted molar refractivity (Wildman–Crippen MR) is 73.6 cm³/mol. The number of methoxy groups -OCH3 is 1. The van der Waals surface area contributed by atoms with E-state index in [4.69, 9.17) is 9.84 Å². The second kappa shape index (κ2) is 6.43. The van der Waals surface area contributed by atoms with E-state index in [9.17, 15) is 9.59 Å². The smallest absolute Gasteiger partial charge is 0.317 e. The van der Waals surface area contributed by atoms with Crippen molar-refractivity contribution in [1.29, 1.82) is 0 Å². The van der Waals surface area contributed by atoms with E-state index >= 15 is 0 Å². The average molecular weight is 284 g/mol. The Kier molecular flexibility index (Phi) is 4.86. The highest BCUT2D eigenvalue weighted by molar-refractivity contribution is 5.77. The van der Waals surface area contributed by atoms with Gasteiger partial charge >= 0.3 is 12.0 Å². The Bertz CT molecular complexity index is 366. The van der Waals surface area contributed by atoms with E-state index in [2.05, 4.69) is 5.32 Å². The van der Waals surface area contributed by atoms with Gasteiger partial charge < -0.3 is 20.1 Å². The Morgan fingerprint density at radius 3 is 2.65 bits per heavy atom. The topological polar surface area (TPSA) is 78.9 Å². The number of piperidine rings is 1. The largest absolute Gasteiger partial charge is 0.481 e. The molecule has 20 heavy (non-hydrogen) atoms. The second-order valence-corrected chi connectivity index (χ2v) is 5.93. The summed E-state index contributed by atoms with van der Waals surface area (Å²) in [5.41, 5.74) is -0.553. The van der Waals surface area contributed by atoms with E-state index in [1.807, 2.05) is 0 Å². The Balaban J connectivity index is 1.96. The Morgan fingerprint density at radius 2 is 2.05 bits per heavy atom. The first kappa shape index (κ1) is 15.1. The maximum atomic E-state index is 12.4. The van der Waals surface area contributed by atoms with Gasteiger partial charge in [0.2, 0.25) is 0 Å². The molecule has 2 N–H and O–H groups in total. The van der Waals surface area contributed by atoms with Crippen molar-refractivity contribution < 1.29 is 19.4 Å². The van der Waals surface area contributed by atoms with E-state index in [-0.39, 0.29) is 18.6 Å². The monoisotopic (exact) mass is 284 g/mol. The number of carboxylic acid groups (broad SMARTS) is 1. The maximum absolute atomic E-state index is 12.4. The highest BCUT2D eigenvalue weighted by Crippen LogP contribution is 2.33. The average Bonchev–Trinajstić information content (AvgIpc) is 2.86. The fourth-order valence-corrected chi connectivity index (χ4v) is 3.31. The van der Waals surface area contributed by atoms with Crippen molar-refractivity contribution in [2.75, 3.05) is 20.2 Å². The Morgan fingerprint density at radius 1 is 1.35 bits per heavy atom. The molecule has 2 aliphatic rings. The number of carboxylic acids is 1. The summed E-state index contributed by atoms with van der Waals surface area (Å²) >= 11 is 0. The first-order valence-corrected chi connectivity index (χ1v) is 7.36. The molecule has 1 aliphatic heterocycles. The number of rotatable bonds is 4. The fraction of sp³-hybridized carbons (Fsp3) is 0.857. The number of hydrogen-bond acceptors (Lipinski definition) is 3. The molecule has 0 aromatic carbocycles. The quantitative estimate of drug-likeness (QED) is 0.821. The van der Waals surface area contributed by atoms with Gasteiger partial charge in [0.1, 0.15) is 0 Å². The van der Waals surface area contributed by atoms with Crippen LogP contribution >= 0.6 is 0 Å². The van der Waals surface area contributed by atoms with Crippen LogP contribution in [0.3, 0.4) is 0 Å². The van der Waals surface area contributed by atoms with Gasteiger partial charge in [-0.2, -0.15) is 0 Å². The number of ether oxygens (including phenoxy) is 1. The van der Waals surface area contributed by atoms with Gasteiger partial charge in [0.25, 0.3) is 0 Å². The molecule has 0 radical (unpaired) electrons. The van der Waals surface area contributed by atoms with Gasteiger partial charge in [-0.1, -0.05) is 12.8 Å². The zero-order valence-corrected chi connectivity index (χ0v) is 12.1. The van der Waals surface area contributed by atoms with E-state index in [1.165, 1.54) is 0 Å². The summed E-state index contributed by atoms with van der Waals surface area (Å²) in [6, 6.07) is -0.144. The van der Waals surface area contributed by atoms with Crippen LogP contribution in [0.5, 0.6) is 0 Å². The molecule has 0 aromatic rings. The third kappa shape index (κ3) is 3.62. The van der Waals surface area contributed by atoms with E-state index in [1.54, 1.807) is 12.0 Å². The predicted octanol–water partition coefficient (Wildman–Crippen LogP) is 1.59. The number of carbonyl (C=O) groups excluding carboxylic acids is 1. The summed E-state index contributed by atoms with van der Waals surface area (Å²) in [5, 5.41) is 12.0. The number of nitrogens with zero attached hydrogens (tertiary/aromatic N) is 1. The van der Waals surface area contributed by atoms with Crippen molar-refractivity contribution in [3.8, 4) is 0 Å². The number of urea groups is 1. The number of nitrogens with one attached hydrogen (secondary N) is 1. The van der Waals surface area contributed by atoms with Crippen LogP contribution in [0.25, 0.3) is 0 Å². The van der Waals surface area contributed by atoms with Crippen LogP contribution in [-0.2, 0) is 9.53 Å². The van der Waals surface area contributed by atoms with Crippen LogP contribution in [0.1, 0.15) is 44.9 Å². The van der Waals surface area contributed by atoms with Gasteiger partial charge in [-0.25, -0.2) is 4.79 Å².